The van der Waals surface area contributed by atoms with Gasteiger partial charge in [-0.3, -0.25) is 0 Å². The van der Waals surface area contributed by atoms with Gasteiger partial charge in [0.2, 0.25) is 0 Å². The van der Waals surface area contributed by atoms with Crippen molar-refractivity contribution in [2.24, 2.45) is 0 Å². The number of rotatable bonds is 0. The Kier molecular flexibility index (Phi) is 2.40. The molecule has 0 amide bonds. The number of hydrogen-bond acceptors (Lipinski definition) is 0. The Hall–Kier alpha value is -0.650. The van der Waals surface area contributed by atoms with Gasteiger partial charge < -0.3 is 0 Å². The molecule has 0 atom stereocenters. The maximum Gasteiger partial charge on any atom is 0.399 e. The summed E-state index contributed by atoms with van der Waals surface area (Å²) in [6, 6.07) is 0. The maximum atomic E-state index is 11.1. The van der Waals surface area contributed by atoms with Crippen molar-refractivity contribution in [3.63, 3.8) is 0 Å². The Labute approximate surface area is 45.7 Å². The van der Waals surface area contributed by atoms with Crippen molar-refractivity contribution < 1.29 is 13.2 Å². The first-order valence-corrected chi connectivity index (χ1v) is 1.88. The molecule has 0 aliphatic rings. The largest absolute Gasteiger partial charge is 0.399 e. The summed E-state index contributed by atoms with van der Waals surface area (Å²) in [6.07, 6.45) is -5.22. The van der Waals surface area contributed by atoms with Gasteiger partial charge in [-0.25, -0.2) is 0 Å². The highest BCUT2D eigenvalue weighted by Crippen LogP contribution is 2.17. The molecule has 0 nitrogen and oxygen atoms in total. The van der Waals surface area contributed by atoms with Crippen LogP contribution in [0, 0.1) is 18.8 Å². The third-order valence-corrected chi connectivity index (χ3v) is 0.414. The normalized spacial score (nSPS) is 10.0. The van der Waals surface area contributed by atoms with Crippen LogP contribution >= 0.6 is 0 Å². The van der Waals surface area contributed by atoms with Crippen LogP contribution in [0.25, 0.3) is 0 Å². The molecule has 0 fully saturated rings. The lowest BCUT2D eigenvalue weighted by Gasteiger charge is -1.96. The van der Waals surface area contributed by atoms with Crippen LogP contribution in [-0.4, -0.2) is 6.18 Å². The fraction of sp³-hybridized carbons (Fsp3) is 0.400. The monoisotopic (exact) mass is 121 g/mol. The van der Waals surface area contributed by atoms with Crippen molar-refractivity contribution in [3.8, 4) is 11.8 Å². The second kappa shape index (κ2) is 2.61. The van der Waals surface area contributed by atoms with Crippen molar-refractivity contribution in [2.45, 2.75) is 12.6 Å². The first-order valence-electron chi connectivity index (χ1n) is 1.88. The fourth-order valence-corrected chi connectivity index (χ4v) is 0.163. The Morgan fingerprint density at radius 2 is 1.88 bits per heavy atom. The van der Waals surface area contributed by atoms with Crippen LogP contribution in [0.1, 0.15) is 6.42 Å². The molecular formula is C5H4F3. The van der Waals surface area contributed by atoms with E-state index in [-0.39, 0.29) is 0 Å². The quantitative estimate of drug-likeness (QED) is 0.428. The summed E-state index contributed by atoms with van der Waals surface area (Å²) in [6.45, 7) is 2.93. The summed E-state index contributed by atoms with van der Waals surface area (Å²) in [5.74, 6) is 3.71. The van der Waals surface area contributed by atoms with Crippen molar-refractivity contribution >= 4 is 0 Å². The van der Waals surface area contributed by atoms with E-state index in [0.717, 1.165) is 0 Å². The third-order valence-electron chi connectivity index (χ3n) is 0.414. The minimum absolute atomic E-state index is 1.06. The molecule has 0 spiro atoms. The van der Waals surface area contributed by atoms with E-state index in [4.69, 9.17) is 0 Å². The van der Waals surface area contributed by atoms with Gasteiger partial charge in [-0.05, 0) is 0 Å². The van der Waals surface area contributed by atoms with Gasteiger partial charge in [-0.15, -0.1) is 5.92 Å². The van der Waals surface area contributed by atoms with Gasteiger partial charge >= 0.3 is 6.18 Å². The molecule has 8 heavy (non-hydrogen) atoms. The van der Waals surface area contributed by atoms with Gasteiger partial charge in [0.1, 0.15) is 6.42 Å². The standard InChI is InChI=1S/C5H4F3/c1-2-3-4-5(6,7)8/h1,4H2. The SMILES string of the molecule is [CH2]C#CCC(F)(F)F. The number of hydrogen-bond donors (Lipinski definition) is 0. The molecule has 0 rings (SSSR count). The zero-order valence-corrected chi connectivity index (χ0v) is 4.05. The number of alkyl halides is 3. The maximum absolute atomic E-state index is 11.1. The van der Waals surface area contributed by atoms with Gasteiger partial charge in [0.15, 0.2) is 0 Å². The first kappa shape index (κ1) is 7.35. The Morgan fingerprint density at radius 1 is 1.38 bits per heavy atom. The lowest BCUT2D eigenvalue weighted by Crippen LogP contribution is -2.04. The van der Waals surface area contributed by atoms with Crippen LogP contribution in [0.5, 0.6) is 0 Å². The van der Waals surface area contributed by atoms with Gasteiger partial charge in [0.05, 0.1) is 0 Å². The molecule has 1 radical (unpaired) electrons. The highest BCUT2D eigenvalue weighted by molar-refractivity contribution is 5.02. The van der Waals surface area contributed by atoms with E-state index in [0.29, 0.717) is 0 Å². The van der Waals surface area contributed by atoms with E-state index in [1.54, 1.807) is 5.92 Å². The van der Waals surface area contributed by atoms with Crippen LogP contribution < -0.4 is 0 Å². The average Bonchev–Trinajstić information content (AvgIpc) is 1.59. The molecule has 0 heterocycles. The number of halogens is 3. The van der Waals surface area contributed by atoms with E-state index in [9.17, 15) is 13.2 Å². The summed E-state index contributed by atoms with van der Waals surface area (Å²) >= 11 is 0. The molecule has 0 aliphatic carbocycles. The van der Waals surface area contributed by atoms with Crippen LogP contribution in [-0.2, 0) is 0 Å². The molecule has 0 aromatic carbocycles. The van der Waals surface area contributed by atoms with E-state index >= 15 is 0 Å². The highest BCUT2D eigenvalue weighted by atomic mass is 19.4. The van der Waals surface area contributed by atoms with Gasteiger partial charge in [0.25, 0.3) is 0 Å². The van der Waals surface area contributed by atoms with Crippen molar-refractivity contribution in [3.05, 3.63) is 6.92 Å². The topological polar surface area (TPSA) is 0 Å². The second-order valence-electron chi connectivity index (χ2n) is 1.15. The lowest BCUT2D eigenvalue weighted by molar-refractivity contribution is -0.123. The average molecular weight is 121 g/mol. The molecule has 0 unspecified atom stereocenters. The summed E-state index contributed by atoms with van der Waals surface area (Å²) in [7, 11) is 0. The van der Waals surface area contributed by atoms with Gasteiger partial charge in [-0.1, -0.05) is 5.92 Å². The smallest absolute Gasteiger partial charge is 0.170 e. The fourth-order valence-electron chi connectivity index (χ4n) is 0.163. The third kappa shape index (κ3) is 5.35. The molecule has 0 aromatic heterocycles. The van der Waals surface area contributed by atoms with Crippen molar-refractivity contribution in [1.29, 1.82) is 0 Å². The van der Waals surface area contributed by atoms with E-state index in [1.807, 2.05) is 5.92 Å². The summed E-state index contributed by atoms with van der Waals surface area (Å²) < 4.78 is 33.3. The highest BCUT2D eigenvalue weighted by Gasteiger charge is 2.24. The molecule has 3 heteroatoms. The van der Waals surface area contributed by atoms with Crippen molar-refractivity contribution in [1.82, 2.24) is 0 Å². The van der Waals surface area contributed by atoms with Crippen LogP contribution in [0.3, 0.4) is 0 Å². The lowest BCUT2D eigenvalue weighted by atomic mass is 10.4. The molecule has 0 bridgehead atoms. The summed E-state index contributed by atoms with van der Waals surface area (Å²) in [5, 5.41) is 0. The molecule has 0 aromatic rings. The van der Waals surface area contributed by atoms with Crippen LogP contribution in [0.15, 0.2) is 0 Å². The minimum Gasteiger partial charge on any atom is -0.170 e. The Balaban J connectivity index is 3.50. The van der Waals surface area contributed by atoms with Crippen LogP contribution in [0.2, 0.25) is 0 Å². The zero-order chi connectivity index (χ0) is 6.62. The van der Waals surface area contributed by atoms with E-state index in [1.165, 1.54) is 0 Å². The van der Waals surface area contributed by atoms with Gasteiger partial charge in [0, 0.05) is 6.92 Å². The van der Waals surface area contributed by atoms with Crippen LogP contribution in [0.4, 0.5) is 13.2 Å². The summed E-state index contributed by atoms with van der Waals surface area (Å²) in [4.78, 5) is 0. The Morgan fingerprint density at radius 3 is 2.00 bits per heavy atom. The summed E-state index contributed by atoms with van der Waals surface area (Å²) in [5.41, 5.74) is 0. The minimum atomic E-state index is -4.16. The first-order chi connectivity index (χ1) is 3.56. The molecule has 0 saturated carbocycles. The molecule has 0 saturated heterocycles. The van der Waals surface area contributed by atoms with E-state index in [2.05, 4.69) is 6.92 Å². The molecule has 0 aliphatic heterocycles. The zero-order valence-electron chi connectivity index (χ0n) is 4.05. The Bertz CT molecular complexity index is 112. The van der Waals surface area contributed by atoms with E-state index < -0.39 is 12.6 Å². The van der Waals surface area contributed by atoms with Crippen molar-refractivity contribution in [2.75, 3.05) is 0 Å². The predicted molar refractivity (Wildman–Crippen MR) is 23.8 cm³/mol. The predicted octanol–water partition coefficient (Wildman–Crippen LogP) is 1.78. The second-order valence-corrected chi connectivity index (χ2v) is 1.15. The molecule has 0 N–H and O–H groups in total. The molecule has 45 valence electrons. The molecular weight excluding hydrogens is 117 g/mol. The van der Waals surface area contributed by atoms with Gasteiger partial charge in [-0.2, -0.15) is 13.2 Å².